The summed E-state index contributed by atoms with van der Waals surface area (Å²) in [5.41, 5.74) is 10.6. The first kappa shape index (κ1) is 43.9. The number of hydrogen-bond donors (Lipinski definition) is 0. The van der Waals surface area contributed by atoms with Gasteiger partial charge in [0.05, 0.1) is 29.2 Å². The van der Waals surface area contributed by atoms with E-state index in [0.717, 1.165) is 16.9 Å². The van der Waals surface area contributed by atoms with Gasteiger partial charge < -0.3 is 13.9 Å². The predicted octanol–water partition coefficient (Wildman–Crippen LogP) is 18.2. The van der Waals surface area contributed by atoms with Crippen molar-refractivity contribution in [3.8, 4) is 16.8 Å². The number of anilines is 3. The number of rotatable bonds is 7. The SMILES string of the molecule is C=C.C=C/C=C\C(=C)C.CC.c1ccc(N(c2ccccc2)c2ccc3ccc4c(-c5ccc(-n6c7ccccc7c7ccccc76)cc5)ccc5ccc2c3c54)cc1.c1ccoc1. The van der Waals surface area contributed by atoms with Gasteiger partial charge in [0.1, 0.15) is 0 Å². The van der Waals surface area contributed by atoms with Crippen LogP contribution in [0.2, 0.25) is 0 Å². The average Bonchev–Trinajstić information content (AvgIpc) is 4.07. The maximum Gasteiger partial charge on any atom is 0.0902 e. The first-order valence-corrected chi connectivity index (χ1v) is 21.7. The van der Waals surface area contributed by atoms with Crippen molar-refractivity contribution in [2.24, 2.45) is 0 Å². The Morgan fingerprint density at radius 1 is 0.516 bits per heavy atom. The molecule has 0 aliphatic rings. The van der Waals surface area contributed by atoms with Crippen LogP contribution in [0.15, 0.2) is 261 Å². The molecule has 0 fully saturated rings. The summed E-state index contributed by atoms with van der Waals surface area (Å²) in [6, 6.07) is 69.8. The van der Waals surface area contributed by atoms with Gasteiger partial charge in [-0.2, -0.15) is 0 Å². The standard InChI is InChI=1S/C46H30N2.C7H10.C4H4O.C2H6.C2H4/c1-3-11-34(12-4-1)47(35-13-5-2-6-14-35)44-30-24-33-22-28-40-37(27-21-32-23-29-41(44)46(33)45(32)40)31-19-25-36(26-20-31)48-42-17-9-7-15-38(42)39-16-8-10-18-43(39)48;1-4-5-6-7(2)3;1-2-4-5-3-1;2*1-2/h1-30H;4-6H,1-2H2,3H3;1-4H;1-2H3;1-2H2/b;6-5-;;;. The molecule has 0 spiro atoms. The van der Waals surface area contributed by atoms with Crippen molar-refractivity contribution in [2.75, 3.05) is 4.90 Å². The highest BCUT2D eigenvalue weighted by molar-refractivity contribution is 6.28. The van der Waals surface area contributed by atoms with Crippen LogP contribution in [-0.4, -0.2) is 4.57 Å². The highest BCUT2D eigenvalue weighted by Gasteiger charge is 2.19. The molecule has 314 valence electrons. The zero-order valence-corrected chi connectivity index (χ0v) is 37.0. The van der Waals surface area contributed by atoms with Crippen LogP contribution < -0.4 is 4.90 Å². The lowest BCUT2D eigenvalue weighted by Crippen LogP contribution is -2.10. The Morgan fingerprint density at radius 3 is 1.50 bits per heavy atom. The molecule has 3 heteroatoms. The summed E-state index contributed by atoms with van der Waals surface area (Å²) in [5.74, 6) is 0. The minimum atomic E-state index is 1.06. The van der Waals surface area contributed by atoms with Gasteiger partial charge in [0.15, 0.2) is 0 Å². The fraction of sp³-hybridized carbons (Fsp3) is 0.0492. The number of furan rings is 1. The van der Waals surface area contributed by atoms with Crippen LogP contribution in [0.25, 0.3) is 70.9 Å². The number of benzene rings is 9. The third-order valence-electron chi connectivity index (χ3n) is 10.9. The Morgan fingerprint density at radius 2 is 1.00 bits per heavy atom. The van der Waals surface area contributed by atoms with Gasteiger partial charge in [-0.1, -0.05) is 178 Å². The van der Waals surface area contributed by atoms with Crippen molar-refractivity contribution in [2.45, 2.75) is 20.8 Å². The molecule has 64 heavy (non-hydrogen) atoms. The van der Waals surface area contributed by atoms with Gasteiger partial charge in [0.25, 0.3) is 0 Å². The minimum absolute atomic E-state index is 1.06. The van der Waals surface area contributed by atoms with Gasteiger partial charge in [-0.05, 0) is 112 Å². The third kappa shape index (κ3) is 9.06. The Labute approximate surface area is 377 Å². The smallest absolute Gasteiger partial charge is 0.0902 e. The monoisotopic (exact) mass is 830 g/mol. The largest absolute Gasteiger partial charge is 0.473 e. The maximum atomic E-state index is 4.58. The molecule has 0 saturated carbocycles. The van der Waals surface area contributed by atoms with Gasteiger partial charge in [-0.3, -0.25) is 0 Å². The molecule has 3 nitrogen and oxygen atoms in total. The third-order valence-corrected chi connectivity index (χ3v) is 10.9. The Hall–Kier alpha value is -8.14. The van der Waals surface area contributed by atoms with Crippen LogP contribution in [0.4, 0.5) is 17.1 Å². The minimum Gasteiger partial charge on any atom is -0.473 e. The van der Waals surface area contributed by atoms with Crippen LogP contribution in [0.3, 0.4) is 0 Å². The molecule has 0 unspecified atom stereocenters. The van der Waals surface area contributed by atoms with E-state index >= 15 is 0 Å². The molecule has 11 rings (SSSR count). The highest BCUT2D eigenvalue weighted by atomic mass is 16.3. The van der Waals surface area contributed by atoms with Crippen molar-refractivity contribution < 1.29 is 4.42 Å². The molecule has 2 heterocycles. The van der Waals surface area contributed by atoms with Crippen molar-refractivity contribution in [3.63, 3.8) is 0 Å². The van der Waals surface area contributed by atoms with E-state index in [2.05, 4.69) is 222 Å². The van der Waals surface area contributed by atoms with E-state index in [9.17, 15) is 0 Å². The summed E-state index contributed by atoms with van der Waals surface area (Å²) in [5, 5.41) is 10.2. The second-order valence-electron chi connectivity index (χ2n) is 14.8. The van der Waals surface area contributed by atoms with Gasteiger partial charge in [-0.15, -0.1) is 13.2 Å². The summed E-state index contributed by atoms with van der Waals surface area (Å²) >= 11 is 0. The molecule has 0 bridgehead atoms. The molecule has 0 radical (unpaired) electrons. The van der Waals surface area contributed by atoms with E-state index in [-0.39, 0.29) is 0 Å². The quantitative estimate of drug-likeness (QED) is 0.0906. The van der Waals surface area contributed by atoms with Crippen molar-refractivity contribution in [1.82, 2.24) is 4.57 Å². The molecule has 0 saturated heterocycles. The molecular weight excluding hydrogens is 777 g/mol. The molecular formula is C61H54N2O. The first-order valence-electron chi connectivity index (χ1n) is 21.7. The van der Waals surface area contributed by atoms with Crippen LogP contribution >= 0.6 is 0 Å². The second-order valence-corrected chi connectivity index (χ2v) is 14.8. The van der Waals surface area contributed by atoms with E-state index in [1.807, 2.05) is 45.1 Å². The van der Waals surface area contributed by atoms with Crippen molar-refractivity contribution in [1.29, 1.82) is 0 Å². The van der Waals surface area contributed by atoms with Crippen LogP contribution in [0.5, 0.6) is 0 Å². The lowest BCUT2D eigenvalue weighted by Gasteiger charge is -2.27. The topological polar surface area (TPSA) is 21.3 Å². The van der Waals surface area contributed by atoms with Gasteiger partial charge in [-0.25, -0.2) is 0 Å². The van der Waals surface area contributed by atoms with Gasteiger partial charge in [0.2, 0.25) is 0 Å². The van der Waals surface area contributed by atoms with Crippen molar-refractivity contribution >= 4 is 71.2 Å². The first-order chi connectivity index (χ1) is 31.6. The number of hydrogen-bond acceptors (Lipinski definition) is 2. The molecule has 2 aromatic heterocycles. The van der Waals surface area contributed by atoms with E-state index in [1.165, 1.54) is 76.6 Å². The zero-order chi connectivity index (χ0) is 44.8. The summed E-state index contributed by atoms with van der Waals surface area (Å²) < 4.78 is 6.96. The zero-order valence-electron chi connectivity index (χ0n) is 37.0. The van der Waals surface area contributed by atoms with E-state index in [4.69, 9.17) is 0 Å². The molecule has 9 aromatic carbocycles. The fourth-order valence-electron chi connectivity index (χ4n) is 8.26. The van der Waals surface area contributed by atoms with E-state index in [0.29, 0.717) is 0 Å². The normalized spacial score (nSPS) is 10.6. The summed E-state index contributed by atoms with van der Waals surface area (Å²) in [4.78, 5) is 2.38. The van der Waals surface area contributed by atoms with E-state index < -0.39 is 0 Å². The van der Waals surface area contributed by atoms with Crippen LogP contribution in [-0.2, 0) is 0 Å². The molecule has 11 aromatic rings. The van der Waals surface area contributed by atoms with Crippen LogP contribution in [0.1, 0.15) is 20.8 Å². The molecule has 0 N–H and O–H groups in total. The lowest BCUT2D eigenvalue weighted by atomic mass is 9.89. The summed E-state index contributed by atoms with van der Waals surface area (Å²) in [6.07, 6.45) is 8.75. The summed E-state index contributed by atoms with van der Waals surface area (Å²) in [6.45, 7) is 19.1. The van der Waals surface area contributed by atoms with Gasteiger partial charge in [0, 0.05) is 33.2 Å². The predicted molar refractivity (Wildman–Crippen MR) is 280 cm³/mol. The highest BCUT2D eigenvalue weighted by Crippen LogP contribution is 2.45. The average molecular weight is 831 g/mol. The molecule has 0 aliphatic carbocycles. The van der Waals surface area contributed by atoms with Crippen LogP contribution in [0, 0.1) is 0 Å². The number of aromatic nitrogens is 1. The summed E-state index contributed by atoms with van der Waals surface area (Å²) in [7, 11) is 0. The second kappa shape index (κ2) is 21.1. The number of nitrogens with zero attached hydrogens (tertiary/aromatic N) is 2. The lowest BCUT2D eigenvalue weighted by molar-refractivity contribution is 0.567. The number of fused-ring (bicyclic) bond motifs is 3. The van der Waals surface area contributed by atoms with E-state index in [1.54, 1.807) is 18.6 Å². The number of para-hydroxylation sites is 4. The van der Waals surface area contributed by atoms with Gasteiger partial charge >= 0.3 is 0 Å². The molecule has 0 atom stereocenters. The maximum absolute atomic E-state index is 4.58. The molecule has 0 amide bonds. The number of allylic oxidation sites excluding steroid dienone is 4. The Kier molecular flexibility index (Phi) is 14.5. The molecule has 0 aliphatic heterocycles. The fourth-order valence-corrected chi connectivity index (χ4v) is 8.26. The Balaban J connectivity index is 0.000000331. The Bertz CT molecular complexity index is 3140. The van der Waals surface area contributed by atoms with Crippen molar-refractivity contribution in [3.05, 3.63) is 257 Å².